The van der Waals surface area contributed by atoms with Crippen molar-refractivity contribution in [3.63, 3.8) is 0 Å². The molecule has 0 spiro atoms. The second-order valence-corrected chi connectivity index (χ2v) is 8.05. The van der Waals surface area contributed by atoms with Gasteiger partial charge < -0.3 is 14.9 Å². The number of piperidine rings is 1. The summed E-state index contributed by atoms with van der Waals surface area (Å²) in [6.07, 6.45) is 2.97. The Balaban J connectivity index is 1.82. The summed E-state index contributed by atoms with van der Waals surface area (Å²) in [6.45, 7) is 6.43. The van der Waals surface area contributed by atoms with E-state index in [1.54, 1.807) is 12.1 Å². The topological polar surface area (TPSA) is 128 Å². The molecule has 1 aliphatic rings. The van der Waals surface area contributed by atoms with Crippen LogP contribution in [0.2, 0.25) is 0 Å². The fraction of sp³-hybridized carbons (Fsp3) is 0.375. The molecular formula is C24H29N5O5. The molecule has 0 bridgehead atoms. The van der Waals surface area contributed by atoms with Gasteiger partial charge in [0, 0.05) is 55.1 Å². The van der Waals surface area contributed by atoms with Gasteiger partial charge in [0.05, 0.1) is 17.1 Å². The lowest BCUT2D eigenvalue weighted by atomic mass is 9.95. The molecule has 0 saturated carbocycles. The van der Waals surface area contributed by atoms with Gasteiger partial charge in [-0.2, -0.15) is 5.10 Å². The number of nitro benzene ring substituents is 1. The first-order chi connectivity index (χ1) is 16.3. The molecule has 2 N–H and O–H groups in total. The zero-order valence-electron chi connectivity index (χ0n) is 19.3. The van der Waals surface area contributed by atoms with Crippen LogP contribution >= 0.6 is 0 Å². The van der Waals surface area contributed by atoms with E-state index < -0.39 is 10.8 Å². The predicted octanol–water partition coefficient (Wildman–Crippen LogP) is 3.15. The minimum absolute atomic E-state index is 0.0449. The van der Waals surface area contributed by atoms with Crippen LogP contribution in [0.15, 0.2) is 47.6 Å². The molecule has 1 saturated heterocycles. The number of carbonyl (C=O) groups is 2. The Morgan fingerprint density at radius 2 is 2.03 bits per heavy atom. The molecular weight excluding hydrogens is 438 g/mol. The minimum Gasteiger partial charge on any atom is -0.508 e. The molecule has 1 heterocycles. The van der Waals surface area contributed by atoms with Gasteiger partial charge in [-0.05, 0) is 51.0 Å². The quantitative estimate of drug-likeness (QED) is 0.349. The van der Waals surface area contributed by atoms with Crippen LogP contribution in [-0.4, -0.2) is 59.1 Å². The van der Waals surface area contributed by atoms with Gasteiger partial charge >= 0.3 is 0 Å². The number of aromatic hydroxyl groups is 1. The molecule has 2 aromatic carbocycles. The second kappa shape index (κ2) is 11.3. The SMILES string of the molecule is CCN(CC)C(=O)[C@@H]1CCCN(c2ccc([N+](=O)[O-])cc2C=NNC(=O)c2cccc(O)c2)C1. The normalized spacial score (nSPS) is 15.8. The molecule has 10 heteroatoms. The van der Waals surface area contributed by atoms with Crippen LogP contribution in [0.25, 0.3) is 0 Å². The smallest absolute Gasteiger partial charge is 0.271 e. The zero-order valence-corrected chi connectivity index (χ0v) is 19.3. The molecule has 2 amide bonds. The Morgan fingerprint density at radius 1 is 1.26 bits per heavy atom. The van der Waals surface area contributed by atoms with Gasteiger partial charge in [0.25, 0.3) is 11.6 Å². The van der Waals surface area contributed by atoms with Crippen molar-refractivity contribution in [1.82, 2.24) is 10.3 Å². The maximum absolute atomic E-state index is 12.9. The Bertz CT molecular complexity index is 1080. The van der Waals surface area contributed by atoms with Gasteiger partial charge in [-0.3, -0.25) is 19.7 Å². The summed E-state index contributed by atoms with van der Waals surface area (Å²) in [5, 5.41) is 24.8. The molecule has 0 aromatic heterocycles. The monoisotopic (exact) mass is 467 g/mol. The van der Waals surface area contributed by atoms with E-state index in [2.05, 4.69) is 10.5 Å². The van der Waals surface area contributed by atoms with Crippen molar-refractivity contribution < 1.29 is 19.6 Å². The van der Waals surface area contributed by atoms with E-state index in [1.165, 1.54) is 36.5 Å². The van der Waals surface area contributed by atoms with Gasteiger partial charge in [0.1, 0.15) is 5.75 Å². The molecule has 1 atom stereocenters. The third kappa shape index (κ3) is 5.89. The fourth-order valence-corrected chi connectivity index (χ4v) is 4.11. The van der Waals surface area contributed by atoms with E-state index in [1.807, 2.05) is 23.6 Å². The number of phenols is 1. The number of anilines is 1. The third-order valence-electron chi connectivity index (χ3n) is 5.89. The highest BCUT2D eigenvalue weighted by atomic mass is 16.6. The first-order valence-corrected chi connectivity index (χ1v) is 11.3. The Hall–Kier alpha value is -3.95. The molecule has 1 aliphatic heterocycles. The number of hydrogen-bond donors (Lipinski definition) is 2. The highest BCUT2D eigenvalue weighted by Crippen LogP contribution is 2.29. The summed E-state index contributed by atoms with van der Waals surface area (Å²) >= 11 is 0. The lowest BCUT2D eigenvalue weighted by molar-refractivity contribution is -0.384. The van der Waals surface area contributed by atoms with Crippen molar-refractivity contribution in [2.45, 2.75) is 26.7 Å². The number of phenolic OH excluding ortho intramolecular Hbond substituents is 1. The summed E-state index contributed by atoms with van der Waals surface area (Å²) < 4.78 is 0. The Labute approximate surface area is 198 Å². The number of amides is 2. The average molecular weight is 468 g/mol. The first-order valence-electron chi connectivity index (χ1n) is 11.3. The van der Waals surface area contributed by atoms with Gasteiger partial charge in [-0.15, -0.1) is 0 Å². The van der Waals surface area contributed by atoms with Crippen molar-refractivity contribution in [1.29, 1.82) is 0 Å². The Kier molecular flexibility index (Phi) is 8.18. The number of hydrazone groups is 1. The highest BCUT2D eigenvalue weighted by Gasteiger charge is 2.29. The van der Waals surface area contributed by atoms with Gasteiger partial charge in [0.15, 0.2) is 0 Å². The summed E-state index contributed by atoms with van der Waals surface area (Å²) in [4.78, 5) is 39.9. The molecule has 0 radical (unpaired) electrons. The van der Waals surface area contributed by atoms with Gasteiger partial charge in [-0.1, -0.05) is 6.07 Å². The molecule has 2 aromatic rings. The maximum atomic E-state index is 12.9. The molecule has 10 nitrogen and oxygen atoms in total. The van der Waals surface area contributed by atoms with Crippen LogP contribution in [0.1, 0.15) is 42.6 Å². The molecule has 0 unspecified atom stereocenters. The Morgan fingerprint density at radius 3 is 2.71 bits per heavy atom. The predicted molar refractivity (Wildman–Crippen MR) is 129 cm³/mol. The largest absolute Gasteiger partial charge is 0.508 e. The van der Waals surface area contributed by atoms with E-state index in [4.69, 9.17) is 0 Å². The van der Waals surface area contributed by atoms with Crippen LogP contribution in [0.4, 0.5) is 11.4 Å². The van der Waals surface area contributed by atoms with E-state index in [0.29, 0.717) is 37.4 Å². The number of carbonyl (C=O) groups excluding carboxylic acids is 2. The summed E-state index contributed by atoms with van der Waals surface area (Å²) in [6, 6.07) is 10.3. The maximum Gasteiger partial charge on any atom is 0.271 e. The lowest BCUT2D eigenvalue weighted by Crippen LogP contribution is -2.45. The number of nitro groups is 1. The molecule has 34 heavy (non-hydrogen) atoms. The molecule has 0 aliphatic carbocycles. The van der Waals surface area contributed by atoms with E-state index in [-0.39, 0.29) is 28.8 Å². The number of hydrogen-bond acceptors (Lipinski definition) is 7. The zero-order chi connectivity index (χ0) is 24.7. The van der Waals surface area contributed by atoms with Gasteiger partial charge in [0.2, 0.25) is 5.91 Å². The summed E-state index contributed by atoms with van der Waals surface area (Å²) in [5.74, 6) is -0.609. The molecule has 3 rings (SSSR count). The van der Waals surface area contributed by atoms with Crippen LogP contribution in [0.3, 0.4) is 0 Å². The third-order valence-corrected chi connectivity index (χ3v) is 5.89. The average Bonchev–Trinajstić information content (AvgIpc) is 2.84. The van der Waals surface area contributed by atoms with Crippen LogP contribution < -0.4 is 10.3 Å². The number of nitrogens with one attached hydrogen (secondary N) is 1. The number of nitrogens with zero attached hydrogens (tertiary/aromatic N) is 4. The highest BCUT2D eigenvalue weighted by molar-refractivity contribution is 5.96. The molecule has 180 valence electrons. The number of rotatable bonds is 8. The van der Waals surface area contributed by atoms with Crippen molar-refractivity contribution in [3.05, 3.63) is 63.7 Å². The van der Waals surface area contributed by atoms with Crippen molar-refractivity contribution in [3.8, 4) is 5.75 Å². The standard InChI is InChI=1S/C24H29N5O5/c1-3-27(4-2)24(32)18-8-6-12-28(16-18)22-11-10-20(29(33)34)13-19(22)15-25-26-23(31)17-7-5-9-21(30)14-17/h5,7,9-11,13-15,18,30H,3-4,6,8,12,16H2,1-2H3,(H,26,31)/t18-/m1/s1. The van der Waals surface area contributed by atoms with Crippen molar-refractivity contribution in [2.24, 2.45) is 11.0 Å². The second-order valence-electron chi connectivity index (χ2n) is 8.05. The van der Waals surface area contributed by atoms with Crippen LogP contribution in [0.5, 0.6) is 5.75 Å². The van der Waals surface area contributed by atoms with Crippen LogP contribution in [0, 0.1) is 16.0 Å². The van der Waals surface area contributed by atoms with Crippen molar-refractivity contribution in [2.75, 3.05) is 31.1 Å². The van der Waals surface area contributed by atoms with Crippen molar-refractivity contribution >= 4 is 29.4 Å². The van der Waals surface area contributed by atoms with Crippen LogP contribution in [-0.2, 0) is 4.79 Å². The van der Waals surface area contributed by atoms with E-state index in [0.717, 1.165) is 12.8 Å². The minimum atomic E-state index is -0.526. The number of non-ortho nitro benzene ring substituents is 1. The lowest BCUT2D eigenvalue weighted by Gasteiger charge is -2.36. The van der Waals surface area contributed by atoms with E-state index >= 15 is 0 Å². The summed E-state index contributed by atoms with van der Waals surface area (Å²) in [5.41, 5.74) is 3.67. The fourth-order valence-electron chi connectivity index (χ4n) is 4.11. The van der Waals surface area contributed by atoms with Gasteiger partial charge in [-0.25, -0.2) is 5.43 Å². The first kappa shape index (κ1) is 24.7. The summed E-state index contributed by atoms with van der Waals surface area (Å²) in [7, 11) is 0. The van der Waals surface area contributed by atoms with E-state index in [9.17, 15) is 24.8 Å². The molecule has 1 fully saturated rings. The number of benzene rings is 2.